The van der Waals surface area contributed by atoms with Gasteiger partial charge in [0.15, 0.2) is 0 Å². The number of aromatic carboxylic acids is 1. The van der Waals surface area contributed by atoms with Crippen LogP contribution in [-0.2, 0) is 9.59 Å². The van der Waals surface area contributed by atoms with E-state index in [1.807, 2.05) is 12.1 Å². The van der Waals surface area contributed by atoms with Crippen molar-refractivity contribution in [1.82, 2.24) is 5.32 Å². The Morgan fingerprint density at radius 3 is 2.24 bits per heavy atom. The molecule has 3 rings (SSSR count). The summed E-state index contributed by atoms with van der Waals surface area (Å²) < 4.78 is 0. The fourth-order valence-electron chi connectivity index (χ4n) is 2.97. The molecule has 148 valence electrons. The van der Waals surface area contributed by atoms with Gasteiger partial charge >= 0.3 is 12.0 Å². The van der Waals surface area contributed by atoms with Gasteiger partial charge in [-0.2, -0.15) is 0 Å². The Morgan fingerprint density at radius 2 is 1.69 bits per heavy atom. The minimum Gasteiger partial charge on any atom is -0.478 e. The zero-order valence-corrected chi connectivity index (χ0v) is 16.0. The Balaban J connectivity index is 1.92. The third kappa shape index (κ3) is 4.08. The molecule has 0 bridgehead atoms. The topological polar surface area (TPSA) is 104 Å². The van der Waals surface area contributed by atoms with E-state index in [1.165, 1.54) is 30.3 Å². The lowest BCUT2D eigenvalue weighted by atomic mass is 9.98. The number of amides is 4. The van der Waals surface area contributed by atoms with Crippen LogP contribution in [0, 0.1) is 0 Å². The molecule has 0 saturated carbocycles. The minimum atomic E-state index is -1.08. The van der Waals surface area contributed by atoms with Crippen LogP contribution in [0.2, 0.25) is 0 Å². The lowest BCUT2D eigenvalue weighted by Crippen LogP contribution is -2.54. The van der Waals surface area contributed by atoms with Crippen molar-refractivity contribution >= 4 is 35.6 Å². The molecule has 2 aromatic carbocycles. The number of carboxylic acids is 1. The van der Waals surface area contributed by atoms with Crippen molar-refractivity contribution < 1.29 is 24.3 Å². The number of carbonyl (C=O) groups is 4. The van der Waals surface area contributed by atoms with Crippen LogP contribution in [-0.4, -0.2) is 28.9 Å². The van der Waals surface area contributed by atoms with Crippen LogP contribution >= 0.6 is 0 Å². The lowest BCUT2D eigenvalue weighted by Gasteiger charge is -2.26. The highest BCUT2D eigenvalue weighted by Gasteiger charge is 2.36. The van der Waals surface area contributed by atoms with E-state index >= 15 is 0 Å². The van der Waals surface area contributed by atoms with Gasteiger partial charge in [0.2, 0.25) is 0 Å². The third-order valence-corrected chi connectivity index (χ3v) is 4.90. The highest BCUT2D eigenvalue weighted by Crippen LogP contribution is 2.25. The number of urea groups is 1. The third-order valence-electron chi connectivity index (χ3n) is 4.90. The summed E-state index contributed by atoms with van der Waals surface area (Å²) >= 11 is 0. The Labute approximate surface area is 167 Å². The van der Waals surface area contributed by atoms with Crippen molar-refractivity contribution in [1.29, 1.82) is 0 Å². The fraction of sp³-hybridized carbons (Fsp3) is 0.182. The summed E-state index contributed by atoms with van der Waals surface area (Å²) in [5.41, 5.74) is 1.80. The van der Waals surface area contributed by atoms with Crippen LogP contribution in [0.25, 0.3) is 6.08 Å². The summed E-state index contributed by atoms with van der Waals surface area (Å²) in [6.45, 7) is 4.16. The molecular formula is C22H20N2O5. The van der Waals surface area contributed by atoms with Gasteiger partial charge in [-0.25, -0.2) is 14.5 Å². The van der Waals surface area contributed by atoms with E-state index in [-0.39, 0.29) is 11.1 Å². The molecule has 1 fully saturated rings. The summed E-state index contributed by atoms with van der Waals surface area (Å²) in [4.78, 5) is 49.2. The Kier molecular flexibility index (Phi) is 5.59. The molecule has 0 aliphatic carbocycles. The molecule has 1 aliphatic heterocycles. The quantitative estimate of drug-likeness (QED) is 0.598. The van der Waals surface area contributed by atoms with Gasteiger partial charge in [-0.15, -0.1) is 0 Å². The van der Waals surface area contributed by atoms with E-state index in [4.69, 9.17) is 5.11 Å². The molecule has 1 aliphatic rings. The summed E-state index contributed by atoms with van der Waals surface area (Å²) in [5, 5.41) is 11.1. The number of rotatable bonds is 5. The number of imide groups is 2. The number of barbiturate groups is 1. The first-order valence-electron chi connectivity index (χ1n) is 9.16. The number of carbonyl (C=O) groups excluding carboxylic acids is 3. The first-order valence-corrected chi connectivity index (χ1v) is 9.16. The predicted molar refractivity (Wildman–Crippen MR) is 108 cm³/mol. The summed E-state index contributed by atoms with van der Waals surface area (Å²) in [6.07, 6.45) is 2.29. The Bertz CT molecular complexity index is 1010. The van der Waals surface area contributed by atoms with Gasteiger partial charge in [0.1, 0.15) is 5.57 Å². The zero-order valence-electron chi connectivity index (χ0n) is 16.0. The number of anilines is 1. The average Bonchev–Trinajstić information content (AvgIpc) is 2.71. The molecule has 1 unspecified atom stereocenters. The maximum atomic E-state index is 12.9. The maximum absolute atomic E-state index is 12.9. The SMILES string of the molecule is CCC(C)c1ccc(N2C(=O)NC(=O)C(=Cc3ccc(C(=O)O)cc3)C2=O)cc1. The predicted octanol–water partition coefficient (Wildman–Crippen LogP) is 3.56. The molecule has 1 saturated heterocycles. The van der Waals surface area contributed by atoms with Crippen molar-refractivity contribution in [3.63, 3.8) is 0 Å². The van der Waals surface area contributed by atoms with Crippen molar-refractivity contribution in [2.45, 2.75) is 26.2 Å². The number of benzene rings is 2. The monoisotopic (exact) mass is 392 g/mol. The number of nitrogens with one attached hydrogen (secondary N) is 1. The molecule has 1 atom stereocenters. The molecule has 7 heteroatoms. The molecule has 2 N–H and O–H groups in total. The molecule has 7 nitrogen and oxygen atoms in total. The van der Waals surface area contributed by atoms with E-state index < -0.39 is 23.8 Å². The van der Waals surface area contributed by atoms with Gasteiger partial charge in [0.25, 0.3) is 11.8 Å². The Morgan fingerprint density at radius 1 is 1.07 bits per heavy atom. The number of hydrogen-bond acceptors (Lipinski definition) is 4. The van der Waals surface area contributed by atoms with Crippen LogP contribution in [0.15, 0.2) is 54.1 Å². The first kappa shape index (κ1) is 20.0. The zero-order chi connectivity index (χ0) is 21.1. The van der Waals surface area contributed by atoms with Gasteiger partial charge in [-0.05, 0) is 53.8 Å². The molecule has 0 radical (unpaired) electrons. The number of carboxylic acid groups (broad SMARTS) is 1. The highest BCUT2D eigenvalue weighted by atomic mass is 16.4. The van der Waals surface area contributed by atoms with Crippen molar-refractivity contribution in [2.24, 2.45) is 0 Å². The van der Waals surface area contributed by atoms with E-state index in [1.54, 1.807) is 12.1 Å². The second-order valence-electron chi connectivity index (χ2n) is 6.79. The fourth-order valence-corrected chi connectivity index (χ4v) is 2.97. The van der Waals surface area contributed by atoms with Crippen molar-refractivity contribution in [2.75, 3.05) is 4.90 Å². The molecule has 0 aromatic heterocycles. The Hall–Kier alpha value is -3.74. The van der Waals surface area contributed by atoms with E-state index in [2.05, 4.69) is 19.2 Å². The molecule has 2 aromatic rings. The highest BCUT2D eigenvalue weighted by molar-refractivity contribution is 6.39. The summed E-state index contributed by atoms with van der Waals surface area (Å²) in [5.74, 6) is -2.26. The molecule has 4 amide bonds. The van der Waals surface area contributed by atoms with Crippen LogP contribution in [0.5, 0.6) is 0 Å². The van der Waals surface area contributed by atoms with Gasteiger partial charge in [0, 0.05) is 0 Å². The standard InChI is InChI=1S/C22H20N2O5/c1-3-13(2)15-8-10-17(11-9-15)24-20(26)18(19(25)23-22(24)29)12-14-4-6-16(7-5-14)21(27)28/h4-13H,3H2,1-2H3,(H,27,28)(H,23,25,29). The summed E-state index contributed by atoms with van der Waals surface area (Å²) in [6, 6.07) is 12.0. The van der Waals surface area contributed by atoms with Crippen molar-refractivity contribution in [3.05, 3.63) is 70.8 Å². The second kappa shape index (κ2) is 8.10. The summed E-state index contributed by atoms with van der Waals surface area (Å²) in [7, 11) is 0. The average molecular weight is 392 g/mol. The first-order chi connectivity index (χ1) is 13.8. The number of hydrogen-bond donors (Lipinski definition) is 2. The molecule has 1 heterocycles. The number of nitrogens with zero attached hydrogens (tertiary/aromatic N) is 1. The van der Waals surface area contributed by atoms with E-state index in [9.17, 15) is 19.2 Å². The normalized spacial score (nSPS) is 16.7. The van der Waals surface area contributed by atoms with E-state index in [0.29, 0.717) is 17.2 Å². The minimum absolute atomic E-state index is 0.0878. The van der Waals surface area contributed by atoms with Gasteiger partial charge in [-0.3, -0.25) is 14.9 Å². The van der Waals surface area contributed by atoms with Crippen LogP contribution in [0.4, 0.5) is 10.5 Å². The van der Waals surface area contributed by atoms with Crippen molar-refractivity contribution in [3.8, 4) is 0 Å². The van der Waals surface area contributed by atoms with Gasteiger partial charge in [0.05, 0.1) is 11.3 Å². The molecular weight excluding hydrogens is 372 g/mol. The smallest absolute Gasteiger partial charge is 0.335 e. The largest absolute Gasteiger partial charge is 0.478 e. The van der Waals surface area contributed by atoms with Crippen LogP contribution < -0.4 is 10.2 Å². The lowest BCUT2D eigenvalue weighted by molar-refractivity contribution is -0.122. The van der Waals surface area contributed by atoms with Crippen LogP contribution in [0.1, 0.15) is 47.7 Å². The van der Waals surface area contributed by atoms with Gasteiger partial charge in [-0.1, -0.05) is 38.1 Å². The molecule has 29 heavy (non-hydrogen) atoms. The van der Waals surface area contributed by atoms with Crippen LogP contribution in [0.3, 0.4) is 0 Å². The van der Waals surface area contributed by atoms with Gasteiger partial charge < -0.3 is 5.11 Å². The second-order valence-corrected chi connectivity index (χ2v) is 6.79. The molecule has 0 spiro atoms. The maximum Gasteiger partial charge on any atom is 0.335 e. The van der Waals surface area contributed by atoms with E-state index in [0.717, 1.165) is 16.9 Å².